The highest BCUT2D eigenvalue weighted by Crippen LogP contribution is 2.34. The summed E-state index contributed by atoms with van der Waals surface area (Å²) in [4.78, 5) is 12.8. The van der Waals surface area contributed by atoms with Crippen molar-refractivity contribution in [3.63, 3.8) is 0 Å². The number of benzene rings is 2. The van der Waals surface area contributed by atoms with E-state index < -0.39 is 22.5 Å². The Morgan fingerprint density at radius 2 is 1.81 bits per heavy atom. The van der Waals surface area contributed by atoms with Gasteiger partial charge in [0.15, 0.2) is 11.5 Å². The Balaban J connectivity index is 1.79. The van der Waals surface area contributed by atoms with E-state index in [2.05, 4.69) is 5.32 Å². The molecule has 0 radical (unpaired) electrons. The molecule has 0 spiro atoms. The Morgan fingerprint density at radius 1 is 1.10 bits per heavy atom. The first-order valence-electron chi connectivity index (χ1n) is 9.61. The molecule has 0 aliphatic carbocycles. The van der Waals surface area contributed by atoms with Gasteiger partial charge in [-0.05, 0) is 36.8 Å². The van der Waals surface area contributed by atoms with Crippen LogP contribution in [0.1, 0.15) is 18.5 Å². The maximum atomic E-state index is 12.8. The molecule has 9 nitrogen and oxygen atoms in total. The first-order chi connectivity index (χ1) is 14.7. The Hall–Kier alpha value is -3.14. The van der Waals surface area contributed by atoms with Crippen LogP contribution in [0.5, 0.6) is 23.0 Å². The standard InChI is InChI=1S/C21H26N2O7S/c1-14(15-5-7-19-20(11-15)30-10-9-29-19)22-21(24)13-23(31(4,25)26)17-12-16(27-2)6-8-18(17)28-3/h5-8,11-12,14H,9-10,13H2,1-4H3,(H,22,24)/t14-/m1/s1. The van der Waals surface area contributed by atoms with Crippen molar-refractivity contribution in [2.24, 2.45) is 0 Å². The predicted molar refractivity (Wildman–Crippen MR) is 116 cm³/mol. The molecule has 1 aliphatic rings. The summed E-state index contributed by atoms with van der Waals surface area (Å²) in [6.07, 6.45) is 1.03. The van der Waals surface area contributed by atoms with Gasteiger partial charge in [0.2, 0.25) is 15.9 Å². The van der Waals surface area contributed by atoms with Gasteiger partial charge in [0.1, 0.15) is 31.3 Å². The molecule has 10 heteroatoms. The number of carbonyl (C=O) groups is 1. The lowest BCUT2D eigenvalue weighted by Crippen LogP contribution is -2.41. The van der Waals surface area contributed by atoms with Crippen LogP contribution in [0.3, 0.4) is 0 Å². The van der Waals surface area contributed by atoms with E-state index in [1.54, 1.807) is 31.2 Å². The lowest BCUT2D eigenvalue weighted by molar-refractivity contribution is -0.120. The van der Waals surface area contributed by atoms with Crippen molar-refractivity contribution < 1.29 is 32.2 Å². The van der Waals surface area contributed by atoms with Crippen LogP contribution < -0.4 is 28.6 Å². The molecular formula is C21H26N2O7S. The topological polar surface area (TPSA) is 103 Å². The van der Waals surface area contributed by atoms with Gasteiger partial charge in [-0.15, -0.1) is 0 Å². The number of fused-ring (bicyclic) bond motifs is 1. The van der Waals surface area contributed by atoms with Crippen molar-refractivity contribution in [2.75, 3.05) is 44.5 Å². The van der Waals surface area contributed by atoms with Crippen LogP contribution in [0.25, 0.3) is 0 Å². The molecule has 0 saturated carbocycles. The highest BCUT2D eigenvalue weighted by atomic mass is 32.2. The van der Waals surface area contributed by atoms with Crippen LogP contribution >= 0.6 is 0 Å². The van der Waals surface area contributed by atoms with E-state index in [0.29, 0.717) is 36.2 Å². The molecule has 31 heavy (non-hydrogen) atoms. The molecule has 0 aromatic heterocycles. The highest BCUT2D eigenvalue weighted by molar-refractivity contribution is 7.92. The van der Waals surface area contributed by atoms with E-state index in [1.807, 2.05) is 6.07 Å². The highest BCUT2D eigenvalue weighted by Gasteiger charge is 2.25. The zero-order chi connectivity index (χ0) is 22.6. The van der Waals surface area contributed by atoms with Gasteiger partial charge in [0.25, 0.3) is 0 Å². The molecule has 2 aromatic carbocycles. The van der Waals surface area contributed by atoms with E-state index in [0.717, 1.165) is 16.1 Å². The Kier molecular flexibility index (Phi) is 6.79. The molecule has 168 valence electrons. The second kappa shape index (κ2) is 9.34. The fraction of sp³-hybridized carbons (Fsp3) is 0.381. The van der Waals surface area contributed by atoms with Gasteiger partial charge in [0, 0.05) is 6.07 Å². The molecule has 1 aliphatic heterocycles. The number of amides is 1. The minimum atomic E-state index is -3.78. The minimum Gasteiger partial charge on any atom is -0.497 e. The monoisotopic (exact) mass is 450 g/mol. The molecule has 2 aromatic rings. The molecule has 1 N–H and O–H groups in total. The second-order valence-electron chi connectivity index (χ2n) is 7.00. The molecule has 0 saturated heterocycles. The Labute approximate surface area is 181 Å². The van der Waals surface area contributed by atoms with Crippen molar-refractivity contribution in [1.29, 1.82) is 0 Å². The molecule has 0 bridgehead atoms. The zero-order valence-corrected chi connectivity index (χ0v) is 18.7. The summed E-state index contributed by atoms with van der Waals surface area (Å²) in [6.45, 7) is 2.34. The number of hydrogen-bond acceptors (Lipinski definition) is 7. The normalized spacial score (nSPS) is 13.8. The first kappa shape index (κ1) is 22.5. The van der Waals surface area contributed by atoms with E-state index in [9.17, 15) is 13.2 Å². The third-order valence-corrected chi connectivity index (χ3v) is 5.91. The number of nitrogens with one attached hydrogen (secondary N) is 1. The molecule has 1 heterocycles. The predicted octanol–water partition coefficient (Wildman–Crippen LogP) is 2.12. The summed E-state index contributed by atoms with van der Waals surface area (Å²) in [7, 11) is -0.886. The summed E-state index contributed by atoms with van der Waals surface area (Å²) < 4.78 is 47.5. The van der Waals surface area contributed by atoms with Crippen LogP contribution in [0.4, 0.5) is 5.69 Å². The van der Waals surface area contributed by atoms with Crippen molar-refractivity contribution in [3.8, 4) is 23.0 Å². The van der Waals surface area contributed by atoms with Crippen LogP contribution in [0.15, 0.2) is 36.4 Å². The van der Waals surface area contributed by atoms with Crippen molar-refractivity contribution >= 4 is 21.6 Å². The fourth-order valence-corrected chi connectivity index (χ4v) is 4.05. The van der Waals surface area contributed by atoms with Gasteiger partial charge in [-0.1, -0.05) is 6.07 Å². The molecule has 0 fully saturated rings. The zero-order valence-electron chi connectivity index (χ0n) is 17.9. The maximum absolute atomic E-state index is 12.8. The third-order valence-electron chi connectivity index (χ3n) is 4.79. The average Bonchev–Trinajstić information content (AvgIpc) is 2.75. The fourth-order valence-electron chi connectivity index (χ4n) is 3.20. The van der Waals surface area contributed by atoms with E-state index in [4.69, 9.17) is 18.9 Å². The largest absolute Gasteiger partial charge is 0.497 e. The lowest BCUT2D eigenvalue weighted by atomic mass is 10.1. The summed E-state index contributed by atoms with van der Waals surface area (Å²) in [5.41, 5.74) is 1.02. The number of nitrogens with zero attached hydrogens (tertiary/aromatic N) is 1. The van der Waals surface area contributed by atoms with Crippen LogP contribution in [0, 0.1) is 0 Å². The summed E-state index contributed by atoms with van der Waals surface area (Å²) in [5.74, 6) is 1.54. The summed E-state index contributed by atoms with van der Waals surface area (Å²) in [6, 6.07) is 9.79. The Morgan fingerprint density at radius 3 is 2.45 bits per heavy atom. The number of carbonyl (C=O) groups excluding carboxylic acids is 1. The number of anilines is 1. The molecular weight excluding hydrogens is 424 g/mol. The van der Waals surface area contributed by atoms with Gasteiger partial charge < -0.3 is 24.3 Å². The van der Waals surface area contributed by atoms with Crippen LogP contribution in [0.2, 0.25) is 0 Å². The molecule has 3 rings (SSSR count). The number of methoxy groups -OCH3 is 2. The van der Waals surface area contributed by atoms with Crippen LogP contribution in [-0.2, 0) is 14.8 Å². The smallest absolute Gasteiger partial charge is 0.241 e. The van der Waals surface area contributed by atoms with Gasteiger partial charge in [-0.3, -0.25) is 9.10 Å². The van der Waals surface area contributed by atoms with E-state index in [1.165, 1.54) is 20.3 Å². The summed E-state index contributed by atoms with van der Waals surface area (Å²) in [5, 5.41) is 2.83. The third kappa shape index (κ3) is 5.32. The van der Waals surface area contributed by atoms with Gasteiger partial charge >= 0.3 is 0 Å². The summed E-state index contributed by atoms with van der Waals surface area (Å²) >= 11 is 0. The lowest BCUT2D eigenvalue weighted by Gasteiger charge is -2.25. The average molecular weight is 451 g/mol. The molecule has 1 amide bonds. The first-order valence-corrected chi connectivity index (χ1v) is 11.5. The molecule has 0 unspecified atom stereocenters. The van der Waals surface area contributed by atoms with Crippen molar-refractivity contribution in [2.45, 2.75) is 13.0 Å². The number of hydrogen-bond donors (Lipinski definition) is 1. The number of ether oxygens (including phenoxy) is 4. The SMILES string of the molecule is COc1ccc(OC)c(N(CC(=O)N[C@H](C)c2ccc3c(c2)OCCO3)S(C)(=O)=O)c1. The van der Waals surface area contributed by atoms with Gasteiger partial charge in [0.05, 0.1) is 32.2 Å². The maximum Gasteiger partial charge on any atom is 0.241 e. The van der Waals surface area contributed by atoms with E-state index in [-0.39, 0.29) is 11.7 Å². The number of rotatable bonds is 8. The molecule has 1 atom stereocenters. The quantitative estimate of drug-likeness (QED) is 0.657. The second-order valence-corrected chi connectivity index (χ2v) is 8.91. The van der Waals surface area contributed by atoms with Crippen LogP contribution in [-0.4, -0.2) is 54.6 Å². The van der Waals surface area contributed by atoms with Crippen molar-refractivity contribution in [3.05, 3.63) is 42.0 Å². The van der Waals surface area contributed by atoms with E-state index >= 15 is 0 Å². The van der Waals surface area contributed by atoms with Gasteiger partial charge in [-0.2, -0.15) is 0 Å². The Bertz CT molecular complexity index is 1060. The number of sulfonamides is 1. The van der Waals surface area contributed by atoms with Gasteiger partial charge in [-0.25, -0.2) is 8.42 Å². The minimum absolute atomic E-state index is 0.214. The van der Waals surface area contributed by atoms with Crippen molar-refractivity contribution in [1.82, 2.24) is 5.32 Å².